The molecule has 0 saturated heterocycles. The predicted octanol–water partition coefficient (Wildman–Crippen LogP) is 3.61. The molecule has 0 spiro atoms. The highest BCUT2D eigenvalue weighted by atomic mass is 35.5. The van der Waals surface area contributed by atoms with Crippen LogP contribution < -0.4 is 5.84 Å². The van der Waals surface area contributed by atoms with Crippen molar-refractivity contribution < 1.29 is 17.7 Å². The molecule has 0 radical (unpaired) electrons. The average Bonchev–Trinajstić information content (AvgIpc) is 3.12. The number of halogens is 4. The lowest BCUT2D eigenvalue weighted by Crippen LogP contribution is -2.21. The standard InChI is InChI=1S/C13H9ClF3N5OS/c14-8-3-1-7(2-4-8)10-5-9(23-21-10)6-24-12-20-19-11(22(12)18)13(15,16)17/h1-5H,6,18H2. The van der Waals surface area contributed by atoms with Crippen LogP contribution in [0.5, 0.6) is 0 Å². The van der Waals surface area contributed by atoms with E-state index < -0.39 is 12.0 Å². The van der Waals surface area contributed by atoms with Gasteiger partial charge < -0.3 is 10.4 Å². The topological polar surface area (TPSA) is 82.8 Å². The van der Waals surface area contributed by atoms with Crippen molar-refractivity contribution in [2.75, 3.05) is 5.84 Å². The van der Waals surface area contributed by atoms with Gasteiger partial charge in [0.15, 0.2) is 0 Å². The lowest BCUT2D eigenvalue weighted by atomic mass is 10.1. The Morgan fingerprint density at radius 2 is 1.92 bits per heavy atom. The Labute approximate surface area is 142 Å². The Kier molecular flexibility index (Phi) is 4.41. The van der Waals surface area contributed by atoms with Crippen LogP contribution in [0.4, 0.5) is 13.2 Å². The van der Waals surface area contributed by atoms with Gasteiger partial charge in [-0.1, -0.05) is 40.7 Å². The van der Waals surface area contributed by atoms with Crippen LogP contribution in [0.1, 0.15) is 11.6 Å². The fourth-order valence-corrected chi connectivity index (χ4v) is 2.70. The molecule has 0 atom stereocenters. The molecule has 0 fully saturated rings. The second-order valence-electron chi connectivity index (χ2n) is 4.65. The van der Waals surface area contributed by atoms with Crippen LogP contribution >= 0.6 is 23.4 Å². The number of nitrogens with zero attached hydrogens (tertiary/aromatic N) is 4. The molecule has 2 aromatic heterocycles. The molecule has 3 aromatic rings. The molecule has 0 aliphatic carbocycles. The van der Waals surface area contributed by atoms with E-state index in [-0.39, 0.29) is 10.9 Å². The normalized spacial score (nSPS) is 11.8. The van der Waals surface area contributed by atoms with Crippen molar-refractivity contribution in [1.82, 2.24) is 20.0 Å². The molecule has 0 bridgehead atoms. The maximum absolute atomic E-state index is 12.6. The molecule has 0 aliphatic rings. The fourth-order valence-electron chi connectivity index (χ4n) is 1.84. The summed E-state index contributed by atoms with van der Waals surface area (Å²) in [5.74, 6) is 4.76. The second-order valence-corrected chi connectivity index (χ2v) is 6.03. The van der Waals surface area contributed by atoms with Gasteiger partial charge in [0.1, 0.15) is 11.5 Å². The Bertz CT molecular complexity index is 846. The number of nitrogen functional groups attached to an aromatic ring is 1. The third-order valence-corrected chi connectivity index (χ3v) is 4.18. The molecule has 3 rings (SSSR count). The Balaban J connectivity index is 1.70. The van der Waals surface area contributed by atoms with E-state index in [1.807, 2.05) is 0 Å². The van der Waals surface area contributed by atoms with Crippen LogP contribution in [0.15, 0.2) is 40.0 Å². The molecule has 0 amide bonds. The minimum absolute atomic E-state index is 0.0771. The Hall–Kier alpha value is -2.20. The third kappa shape index (κ3) is 3.49. The van der Waals surface area contributed by atoms with Crippen molar-refractivity contribution >= 4 is 23.4 Å². The number of benzene rings is 1. The van der Waals surface area contributed by atoms with Crippen LogP contribution in [0.2, 0.25) is 5.02 Å². The maximum atomic E-state index is 12.6. The van der Waals surface area contributed by atoms with Crippen LogP contribution in [0.25, 0.3) is 11.3 Å². The highest BCUT2D eigenvalue weighted by Crippen LogP contribution is 2.30. The van der Waals surface area contributed by atoms with Crippen molar-refractivity contribution in [1.29, 1.82) is 0 Å². The zero-order valence-corrected chi connectivity index (χ0v) is 13.4. The minimum atomic E-state index is -4.66. The van der Waals surface area contributed by atoms with Gasteiger partial charge in [-0.2, -0.15) is 13.2 Å². The molecule has 126 valence electrons. The molecule has 24 heavy (non-hydrogen) atoms. The molecule has 0 aliphatic heterocycles. The predicted molar refractivity (Wildman–Crippen MR) is 81.7 cm³/mol. The summed E-state index contributed by atoms with van der Waals surface area (Å²) in [7, 11) is 0. The number of rotatable bonds is 4. The van der Waals surface area contributed by atoms with E-state index in [0.29, 0.717) is 21.2 Å². The summed E-state index contributed by atoms with van der Waals surface area (Å²) in [4.78, 5) is 0. The second kappa shape index (κ2) is 6.36. The van der Waals surface area contributed by atoms with Gasteiger partial charge in [0.2, 0.25) is 5.16 Å². The number of thioether (sulfide) groups is 1. The molecule has 0 unspecified atom stereocenters. The third-order valence-electron chi connectivity index (χ3n) is 2.96. The van der Waals surface area contributed by atoms with E-state index in [9.17, 15) is 13.2 Å². The SMILES string of the molecule is Nn1c(SCc2cc(-c3ccc(Cl)cc3)no2)nnc1C(F)(F)F. The van der Waals surface area contributed by atoms with Crippen LogP contribution in [0.3, 0.4) is 0 Å². The molecule has 2 N–H and O–H groups in total. The first-order chi connectivity index (χ1) is 11.3. The zero-order valence-electron chi connectivity index (χ0n) is 11.8. The first-order valence-electron chi connectivity index (χ1n) is 6.46. The fraction of sp³-hybridized carbons (Fsp3) is 0.154. The van der Waals surface area contributed by atoms with E-state index in [4.69, 9.17) is 22.0 Å². The van der Waals surface area contributed by atoms with Gasteiger partial charge in [0, 0.05) is 16.7 Å². The number of nitrogens with two attached hydrogens (primary N) is 1. The van der Waals surface area contributed by atoms with Gasteiger partial charge in [-0.25, -0.2) is 4.68 Å². The van der Waals surface area contributed by atoms with Gasteiger partial charge in [-0.15, -0.1) is 10.2 Å². The quantitative estimate of drug-likeness (QED) is 0.554. The van der Waals surface area contributed by atoms with Crippen LogP contribution in [0, 0.1) is 0 Å². The average molecular weight is 376 g/mol. The summed E-state index contributed by atoms with van der Waals surface area (Å²) >= 11 is 6.77. The Morgan fingerprint density at radius 1 is 1.21 bits per heavy atom. The summed E-state index contributed by atoms with van der Waals surface area (Å²) in [6.07, 6.45) is -4.66. The molecule has 2 heterocycles. The largest absolute Gasteiger partial charge is 0.453 e. The number of hydrogen-bond donors (Lipinski definition) is 1. The number of aromatic nitrogens is 4. The first kappa shape index (κ1) is 16.7. The zero-order chi connectivity index (χ0) is 17.3. The first-order valence-corrected chi connectivity index (χ1v) is 7.83. The summed E-state index contributed by atoms with van der Waals surface area (Å²) in [6.45, 7) is 0. The summed E-state index contributed by atoms with van der Waals surface area (Å²) in [6, 6.07) is 8.68. The summed E-state index contributed by atoms with van der Waals surface area (Å²) in [5.41, 5.74) is 1.40. The molecular weight excluding hydrogens is 367 g/mol. The molecular formula is C13H9ClF3N5OS. The lowest BCUT2D eigenvalue weighted by molar-refractivity contribution is -0.146. The molecule has 1 aromatic carbocycles. The van der Waals surface area contributed by atoms with Gasteiger partial charge in [0.05, 0.1) is 5.75 Å². The van der Waals surface area contributed by atoms with Gasteiger partial charge >= 0.3 is 6.18 Å². The van der Waals surface area contributed by atoms with Gasteiger partial charge in [-0.3, -0.25) is 0 Å². The van der Waals surface area contributed by atoms with E-state index >= 15 is 0 Å². The van der Waals surface area contributed by atoms with Crippen LogP contribution in [-0.4, -0.2) is 20.0 Å². The van der Waals surface area contributed by atoms with E-state index in [0.717, 1.165) is 17.3 Å². The van der Waals surface area contributed by atoms with Crippen molar-refractivity contribution in [2.24, 2.45) is 0 Å². The molecule has 0 saturated carbocycles. The highest BCUT2D eigenvalue weighted by Gasteiger charge is 2.38. The molecule has 6 nitrogen and oxygen atoms in total. The lowest BCUT2D eigenvalue weighted by Gasteiger charge is -2.05. The molecule has 11 heteroatoms. The van der Waals surface area contributed by atoms with Crippen molar-refractivity contribution in [3.63, 3.8) is 0 Å². The van der Waals surface area contributed by atoms with E-state index in [1.54, 1.807) is 30.3 Å². The number of alkyl halides is 3. The van der Waals surface area contributed by atoms with Crippen molar-refractivity contribution in [3.05, 3.63) is 46.9 Å². The summed E-state index contributed by atoms with van der Waals surface area (Å²) < 4.78 is 43.3. The highest BCUT2D eigenvalue weighted by molar-refractivity contribution is 7.98. The van der Waals surface area contributed by atoms with Crippen molar-refractivity contribution in [2.45, 2.75) is 17.1 Å². The van der Waals surface area contributed by atoms with Crippen molar-refractivity contribution in [3.8, 4) is 11.3 Å². The smallest absolute Gasteiger partial charge is 0.360 e. The number of hydrogen-bond acceptors (Lipinski definition) is 6. The van der Waals surface area contributed by atoms with E-state index in [1.165, 1.54) is 0 Å². The minimum Gasteiger partial charge on any atom is -0.360 e. The van der Waals surface area contributed by atoms with Gasteiger partial charge in [0.25, 0.3) is 5.82 Å². The van der Waals surface area contributed by atoms with Gasteiger partial charge in [-0.05, 0) is 12.1 Å². The van der Waals surface area contributed by atoms with E-state index in [2.05, 4.69) is 15.4 Å². The van der Waals surface area contributed by atoms with Crippen LogP contribution in [-0.2, 0) is 11.9 Å². The maximum Gasteiger partial charge on any atom is 0.453 e. The summed E-state index contributed by atoms with van der Waals surface area (Å²) in [5, 5.41) is 10.9. The Morgan fingerprint density at radius 3 is 2.54 bits per heavy atom. The monoisotopic (exact) mass is 375 g/mol.